The molecule has 2 rings (SSSR count). The van der Waals surface area contributed by atoms with Crippen molar-refractivity contribution in [2.24, 2.45) is 0 Å². The Balaban J connectivity index is 2.01. The van der Waals surface area contributed by atoms with Gasteiger partial charge >= 0.3 is 0 Å². The molecule has 0 saturated carbocycles. The molecular weight excluding hydrogens is 314 g/mol. The summed E-state index contributed by atoms with van der Waals surface area (Å²) in [6, 6.07) is 12.6. The third-order valence-corrected chi connectivity index (χ3v) is 4.21. The molecule has 132 valence electrons. The van der Waals surface area contributed by atoms with Crippen molar-refractivity contribution in [1.29, 1.82) is 0 Å². The number of rotatable bonds is 6. The summed E-state index contributed by atoms with van der Waals surface area (Å²) in [4.78, 5) is 26.4. The highest BCUT2D eigenvalue weighted by Gasteiger charge is 2.12. The molecule has 25 heavy (non-hydrogen) atoms. The van der Waals surface area contributed by atoms with Gasteiger partial charge in [0.1, 0.15) is 0 Å². The lowest BCUT2D eigenvalue weighted by molar-refractivity contribution is 0.0772. The number of benzene rings is 2. The van der Waals surface area contributed by atoms with Crippen molar-refractivity contribution in [3.05, 3.63) is 64.7 Å². The van der Waals surface area contributed by atoms with Crippen LogP contribution >= 0.6 is 0 Å². The maximum absolute atomic E-state index is 12.3. The monoisotopic (exact) mass is 339 g/mol. The van der Waals surface area contributed by atoms with Crippen LogP contribution in [0.2, 0.25) is 0 Å². The van der Waals surface area contributed by atoms with Crippen LogP contribution in [0.15, 0.2) is 42.5 Å². The normalized spacial score (nSPS) is 10.4. The number of nitrogens with zero attached hydrogens (tertiary/aromatic N) is 1. The highest BCUT2D eigenvalue weighted by Crippen LogP contribution is 2.13. The molecule has 0 atom stereocenters. The third-order valence-electron chi connectivity index (χ3n) is 4.21. The van der Waals surface area contributed by atoms with Gasteiger partial charge in [-0.3, -0.25) is 9.59 Å². The third kappa shape index (κ3) is 4.59. The van der Waals surface area contributed by atoms with Crippen molar-refractivity contribution >= 4 is 17.5 Å². The van der Waals surface area contributed by atoms with Crippen molar-refractivity contribution < 1.29 is 9.59 Å². The van der Waals surface area contributed by atoms with Gasteiger partial charge in [0, 0.05) is 36.4 Å². The van der Waals surface area contributed by atoms with Gasteiger partial charge in [0.25, 0.3) is 11.8 Å². The molecule has 0 aliphatic carbocycles. The molecule has 0 heterocycles. The van der Waals surface area contributed by atoms with Crippen molar-refractivity contribution in [3.63, 3.8) is 0 Å². The van der Waals surface area contributed by atoms with Crippen LogP contribution in [0.5, 0.6) is 0 Å². The van der Waals surface area contributed by atoms with Gasteiger partial charge in [-0.05, 0) is 56.2 Å². The van der Waals surface area contributed by atoms with Crippen LogP contribution in [0, 0.1) is 6.92 Å². The van der Waals surface area contributed by atoms with Crippen LogP contribution in [-0.4, -0.2) is 29.8 Å². The molecule has 5 heteroatoms. The molecule has 0 spiro atoms. The number of anilines is 1. The molecule has 2 aromatic carbocycles. The second kappa shape index (κ2) is 8.33. The molecule has 0 bridgehead atoms. The molecule has 3 N–H and O–H groups in total. The highest BCUT2D eigenvalue weighted by molar-refractivity contribution is 5.96. The van der Waals surface area contributed by atoms with Crippen molar-refractivity contribution in [2.75, 3.05) is 18.8 Å². The minimum atomic E-state index is -0.159. The molecule has 0 aromatic heterocycles. The maximum Gasteiger partial charge on any atom is 0.253 e. The Morgan fingerprint density at radius 2 is 1.68 bits per heavy atom. The molecule has 0 aliphatic rings. The van der Waals surface area contributed by atoms with E-state index in [-0.39, 0.29) is 11.8 Å². The lowest BCUT2D eigenvalue weighted by Crippen LogP contribution is -2.30. The van der Waals surface area contributed by atoms with Crippen LogP contribution in [0.4, 0.5) is 5.69 Å². The van der Waals surface area contributed by atoms with E-state index in [1.54, 1.807) is 29.2 Å². The van der Waals surface area contributed by atoms with Crippen molar-refractivity contribution in [2.45, 2.75) is 27.3 Å². The van der Waals surface area contributed by atoms with Gasteiger partial charge in [0.15, 0.2) is 0 Å². The van der Waals surface area contributed by atoms with E-state index in [4.69, 9.17) is 5.73 Å². The Kier molecular flexibility index (Phi) is 6.17. The number of nitrogen functional groups attached to an aromatic ring is 1. The topological polar surface area (TPSA) is 75.4 Å². The summed E-state index contributed by atoms with van der Waals surface area (Å²) in [5.41, 5.74) is 9.37. The van der Waals surface area contributed by atoms with Crippen molar-refractivity contribution in [3.8, 4) is 0 Å². The fourth-order valence-corrected chi connectivity index (χ4v) is 2.62. The Hall–Kier alpha value is -2.82. The fourth-order valence-electron chi connectivity index (χ4n) is 2.62. The molecule has 0 aliphatic heterocycles. The smallest absolute Gasteiger partial charge is 0.253 e. The zero-order valence-electron chi connectivity index (χ0n) is 15.0. The van der Waals surface area contributed by atoms with Crippen LogP contribution in [0.25, 0.3) is 0 Å². The van der Waals surface area contributed by atoms with E-state index in [2.05, 4.69) is 5.32 Å². The fraction of sp³-hybridized carbons (Fsp3) is 0.300. The summed E-state index contributed by atoms with van der Waals surface area (Å²) < 4.78 is 0. The van der Waals surface area contributed by atoms with Gasteiger partial charge < -0.3 is 16.0 Å². The van der Waals surface area contributed by atoms with E-state index in [9.17, 15) is 9.59 Å². The van der Waals surface area contributed by atoms with E-state index in [0.717, 1.165) is 11.1 Å². The summed E-state index contributed by atoms with van der Waals surface area (Å²) in [6.45, 7) is 7.57. The number of amides is 2. The molecule has 2 aromatic rings. The first-order valence-corrected chi connectivity index (χ1v) is 8.48. The number of nitrogens with two attached hydrogens (primary N) is 1. The van der Waals surface area contributed by atoms with E-state index >= 15 is 0 Å². The van der Waals surface area contributed by atoms with Crippen LogP contribution in [0.1, 0.15) is 45.7 Å². The first-order chi connectivity index (χ1) is 12.0. The van der Waals surface area contributed by atoms with E-state index < -0.39 is 0 Å². The Morgan fingerprint density at radius 1 is 1.04 bits per heavy atom. The van der Waals surface area contributed by atoms with Gasteiger partial charge in [0.05, 0.1) is 0 Å². The number of carbonyl (C=O) groups is 2. The zero-order chi connectivity index (χ0) is 18.4. The van der Waals surface area contributed by atoms with Crippen LogP contribution in [0.3, 0.4) is 0 Å². The molecule has 0 radical (unpaired) electrons. The summed E-state index contributed by atoms with van der Waals surface area (Å²) in [5.74, 6) is -0.135. The van der Waals surface area contributed by atoms with Gasteiger partial charge in [-0.15, -0.1) is 0 Å². The SMILES string of the molecule is CCN(CC)C(=O)c1ccc(CNC(=O)c2cc(N)ccc2C)cc1. The number of carbonyl (C=O) groups excluding carboxylic acids is 2. The molecule has 5 nitrogen and oxygen atoms in total. The standard InChI is InChI=1S/C20H25N3O2/c1-4-23(5-2)20(25)16-9-7-15(8-10-16)13-22-19(24)18-12-17(21)11-6-14(18)3/h6-12H,4-5,13,21H2,1-3H3,(H,22,24). The lowest BCUT2D eigenvalue weighted by Gasteiger charge is -2.18. The Labute approximate surface area is 148 Å². The van der Waals surface area contributed by atoms with Gasteiger partial charge in [-0.2, -0.15) is 0 Å². The first-order valence-electron chi connectivity index (χ1n) is 8.48. The van der Waals surface area contributed by atoms with E-state index in [0.29, 0.717) is 36.4 Å². The zero-order valence-corrected chi connectivity index (χ0v) is 15.0. The van der Waals surface area contributed by atoms with E-state index in [1.165, 1.54) is 0 Å². The summed E-state index contributed by atoms with van der Waals surface area (Å²) in [7, 11) is 0. The van der Waals surface area contributed by atoms with Gasteiger partial charge in [-0.1, -0.05) is 18.2 Å². The summed E-state index contributed by atoms with van der Waals surface area (Å²) in [6.07, 6.45) is 0. The molecule has 2 amide bonds. The predicted octanol–water partition coefficient (Wildman–Crippen LogP) is 2.99. The van der Waals surface area contributed by atoms with Crippen LogP contribution < -0.4 is 11.1 Å². The molecular formula is C20H25N3O2. The average molecular weight is 339 g/mol. The van der Waals surface area contributed by atoms with Crippen LogP contribution in [-0.2, 0) is 6.54 Å². The van der Waals surface area contributed by atoms with E-state index in [1.807, 2.05) is 39.0 Å². The minimum absolute atomic E-state index is 0.0240. The quantitative estimate of drug-likeness (QED) is 0.795. The average Bonchev–Trinajstić information content (AvgIpc) is 2.63. The second-order valence-electron chi connectivity index (χ2n) is 5.93. The van der Waals surface area contributed by atoms with Gasteiger partial charge in [-0.25, -0.2) is 0 Å². The highest BCUT2D eigenvalue weighted by atomic mass is 16.2. The first kappa shape index (κ1) is 18.5. The number of hydrogen-bond acceptors (Lipinski definition) is 3. The summed E-state index contributed by atoms with van der Waals surface area (Å²) >= 11 is 0. The maximum atomic E-state index is 12.3. The number of nitrogens with one attached hydrogen (secondary N) is 1. The lowest BCUT2D eigenvalue weighted by atomic mass is 10.1. The largest absolute Gasteiger partial charge is 0.399 e. The second-order valence-corrected chi connectivity index (χ2v) is 5.93. The number of aryl methyl sites for hydroxylation is 1. The number of hydrogen-bond donors (Lipinski definition) is 2. The predicted molar refractivity (Wildman–Crippen MR) is 100 cm³/mol. The van der Waals surface area contributed by atoms with Gasteiger partial charge in [0.2, 0.25) is 0 Å². The minimum Gasteiger partial charge on any atom is -0.399 e. The Bertz CT molecular complexity index is 750. The molecule has 0 saturated heterocycles. The molecule has 0 unspecified atom stereocenters. The summed E-state index contributed by atoms with van der Waals surface area (Å²) in [5, 5.41) is 2.89. The molecule has 0 fully saturated rings. The van der Waals surface area contributed by atoms with Crippen molar-refractivity contribution in [1.82, 2.24) is 10.2 Å². The Morgan fingerprint density at radius 3 is 2.28 bits per heavy atom.